The Morgan fingerprint density at radius 1 is 1.08 bits per heavy atom. The zero-order chi connectivity index (χ0) is 17.8. The minimum atomic E-state index is -0.615. The van der Waals surface area contributed by atoms with Gasteiger partial charge in [-0.1, -0.05) is 30.3 Å². The number of rotatable bonds is 5. The molecule has 25 heavy (non-hydrogen) atoms. The second-order valence-corrected chi connectivity index (χ2v) is 5.97. The molecule has 2 aromatic rings. The highest BCUT2D eigenvalue weighted by atomic mass is 19.1. The van der Waals surface area contributed by atoms with Gasteiger partial charge in [-0.25, -0.2) is 8.78 Å². The largest absolute Gasteiger partial charge is 0.380 e. The molecule has 3 nitrogen and oxygen atoms in total. The summed E-state index contributed by atoms with van der Waals surface area (Å²) >= 11 is 0. The third kappa shape index (κ3) is 3.95. The van der Waals surface area contributed by atoms with Crippen molar-refractivity contribution in [3.8, 4) is 11.1 Å². The molecule has 0 aromatic heterocycles. The van der Waals surface area contributed by atoms with Crippen molar-refractivity contribution in [3.63, 3.8) is 0 Å². The number of hydrogen-bond donors (Lipinski definition) is 0. The lowest BCUT2D eigenvalue weighted by Crippen LogP contribution is -2.25. The minimum absolute atomic E-state index is 0.0661. The Bertz CT molecular complexity index is 712. The fourth-order valence-corrected chi connectivity index (χ4v) is 2.73. The molecule has 0 unspecified atom stereocenters. The van der Waals surface area contributed by atoms with Gasteiger partial charge in [0, 0.05) is 24.2 Å². The van der Waals surface area contributed by atoms with Crippen LogP contribution in [0.4, 0.5) is 8.78 Å². The predicted molar refractivity (Wildman–Crippen MR) is 90.8 cm³/mol. The first-order chi connectivity index (χ1) is 12.1. The number of hydrogen-bond acceptors (Lipinski definition) is 3. The van der Waals surface area contributed by atoms with Crippen molar-refractivity contribution < 1.29 is 23.0 Å². The third-order valence-corrected chi connectivity index (χ3v) is 4.20. The Kier molecular flexibility index (Phi) is 5.58. The van der Waals surface area contributed by atoms with Crippen LogP contribution in [0.3, 0.4) is 0 Å². The second kappa shape index (κ2) is 7.87. The summed E-state index contributed by atoms with van der Waals surface area (Å²) < 4.78 is 44.3. The average molecular weight is 346 g/mol. The Morgan fingerprint density at radius 2 is 1.68 bits per heavy atom. The molecule has 1 aliphatic heterocycles. The maximum Gasteiger partial charge on any atom is 0.183 e. The molecule has 0 radical (unpaired) electrons. The lowest BCUT2D eigenvalue weighted by Gasteiger charge is -2.28. The van der Waals surface area contributed by atoms with Gasteiger partial charge in [0.2, 0.25) is 0 Å². The highest BCUT2D eigenvalue weighted by molar-refractivity contribution is 5.64. The van der Waals surface area contributed by atoms with Gasteiger partial charge in [-0.05, 0) is 23.3 Å². The van der Waals surface area contributed by atoms with E-state index in [0.29, 0.717) is 24.3 Å². The summed E-state index contributed by atoms with van der Waals surface area (Å²) in [4.78, 5) is 0. The van der Waals surface area contributed by atoms with Crippen LogP contribution in [-0.2, 0) is 20.8 Å². The molecule has 1 heterocycles. The molecule has 0 saturated carbocycles. The van der Waals surface area contributed by atoms with Gasteiger partial charge in [0.25, 0.3) is 0 Å². The van der Waals surface area contributed by atoms with Crippen molar-refractivity contribution in [2.75, 3.05) is 20.3 Å². The van der Waals surface area contributed by atoms with Gasteiger partial charge in [0.15, 0.2) is 6.29 Å². The van der Waals surface area contributed by atoms with Crippen molar-refractivity contribution in [1.82, 2.24) is 0 Å². The van der Waals surface area contributed by atoms with E-state index in [2.05, 4.69) is 6.58 Å². The van der Waals surface area contributed by atoms with Crippen LogP contribution in [0.15, 0.2) is 49.1 Å². The molecule has 0 spiro atoms. The van der Waals surface area contributed by atoms with E-state index in [9.17, 15) is 8.78 Å². The lowest BCUT2D eigenvalue weighted by molar-refractivity contribution is -0.197. The topological polar surface area (TPSA) is 27.7 Å². The van der Waals surface area contributed by atoms with E-state index in [4.69, 9.17) is 14.2 Å². The first-order valence-electron chi connectivity index (χ1n) is 8.05. The molecule has 3 rings (SSSR count). The third-order valence-electron chi connectivity index (χ3n) is 4.20. The second-order valence-electron chi connectivity index (χ2n) is 5.97. The molecule has 5 heteroatoms. The van der Waals surface area contributed by atoms with Crippen molar-refractivity contribution in [2.24, 2.45) is 5.92 Å². The van der Waals surface area contributed by atoms with Crippen LogP contribution in [0.25, 0.3) is 11.1 Å². The standard InChI is InChI=1S/C20H20F2O3/c1-3-13-10-24-20(25-11-13)15-6-4-14(5-7-15)16-8-18(21)17(12-23-2)19(22)9-16/h3-9,13,20H,1,10-12H2,2H3. The van der Waals surface area contributed by atoms with Crippen molar-refractivity contribution in [2.45, 2.75) is 12.9 Å². The van der Waals surface area contributed by atoms with E-state index in [1.807, 2.05) is 18.2 Å². The number of ether oxygens (including phenoxy) is 3. The zero-order valence-electron chi connectivity index (χ0n) is 14.0. The summed E-state index contributed by atoms with van der Waals surface area (Å²) in [6.45, 7) is 4.76. The van der Waals surface area contributed by atoms with Gasteiger partial charge in [0.1, 0.15) is 11.6 Å². The molecule has 0 N–H and O–H groups in total. The van der Waals surface area contributed by atoms with Gasteiger partial charge < -0.3 is 14.2 Å². The van der Waals surface area contributed by atoms with Crippen molar-refractivity contribution in [3.05, 3.63) is 71.8 Å². The molecular formula is C20H20F2O3. The van der Waals surface area contributed by atoms with Gasteiger partial charge in [0.05, 0.1) is 19.8 Å². The summed E-state index contributed by atoms with van der Waals surface area (Å²) in [7, 11) is 1.40. The normalized spacial score (nSPS) is 20.4. The Balaban J connectivity index is 1.78. The Hall–Kier alpha value is -2.08. The molecule has 2 aromatic carbocycles. The fraction of sp³-hybridized carbons (Fsp3) is 0.300. The maximum atomic E-state index is 14.1. The Labute approximate surface area is 145 Å². The first-order valence-corrected chi connectivity index (χ1v) is 8.05. The first kappa shape index (κ1) is 17.7. The van der Waals surface area contributed by atoms with Crippen LogP contribution >= 0.6 is 0 Å². The smallest absolute Gasteiger partial charge is 0.183 e. The van der Waals surface area contributed by atoms with E-state index in [1.54, 1.807) is 12.1 Å². The summed E-state index contributed by atoms with van der Waals surface area (Å²) in [6.07, 6.45) is 1.39. The molecule has 0 amide bonds. The van der Waals surface area contributed by atoms with Crippen LogP contribution in [0.5, 0.6) is 0 Å². The predicted octanol–water partition coefficient (Wildman–Crippen LogP) is 4.63. The van der Waals surface area contributed by atoms with Gasteiger partial charge >= 0.3 is 0 Å². The molecule has 0 atom stereocenters. The van der Waals surface area contributed by atoms with E-state index in [1.165, 1.54) is 19.2 Å². The van der Waals surface area contributed by atoms with Gasteiger partial charge in [-0.3, -0.25) is 0 Å². The van der Waals surface area contributed by atoms with E-state index in [-0.39, 0.29) is 18.1 Å². The van der Waals surface area contributed by atoms with Crippen LogP contribution in [0.2, 0.25) is 0 Å². The zero-order valence-corrected chi connectivity index (χ0v) is 14.0. The maximum absolute atomic E-state index is 14.1. The monoisotopic (exact) mass is 346 g/mol. The SMILES string of the molecule is C=CC1COC(c2ccc(-c3cc(F)c(COC)c(F)c3)cc2)OC1. The molecular weight excluding hydrogens is 326 g/mol. The van der Waals surface area contributed by atoms with Gasteiger partial charge in [-0.2, -0.15) is 0 Å². The van der Waals surface area contributed by atoms with Crippen LogP contribution < -0.4 is 0 Å². The van der Waals surface area contributed by atoms with Crippen molar-refractivity contribution >= 4 is 0 Å². The molecule has 0 bridgehead atoms. The number of methoxy groups -OCH3 is 1. The summed E-state index contributed by atoms with van der Waals surface area (Å²) in [6, 6.07) is 9.90. The summed E-state index contributed by atoms with van der Waals surface area (Å²) in [5.41, 5.74) is 1.98. The van der Waals surface area contributed by atoms with Crippen LogP contribution in [0.1, 0.15) is 17.4 Å². The summed E-state index contributed by atoms with van der Waals surface area (Å²) in [5.74, 6) is -1.03. The Morgan fingerprint density at radius 3 is 2.20 bits per heavy atom. The van der Waals surface area contributed by atoms with Crippen LogP contribution in [0, 0.1) is 17.6 Å². The highest BCUT2D eigenvalue weighted by Gasteiger charge is 2.21. The molecule has 0 aliphatic carbocycles. The molecule has 1 saturated heterocycles. The minimum Gasteiger partial charge on any atom is -0.380 e. The summed E-state index contributed by atoms with van der Waals surface area (Å²) in [5, 5.41) is 0. The highest BCUT2D eigenvalue weighted by Crippen LogP contribution is 2.29. The van der Waals surface area contributed by atoms with E-state index < -0.39 is 17.9 Å². The molecule has 132 valence electrons. The van der Waals surface area contributed by atoms with E-state index in [0.717, 1.165) is 5.56 Å². The molecule has 1 fully saturated rings. The quantitative estimate of drug-likeness (QED) is 0.739. The van der Waals surface area contributed by atoms with Gasteiger partial charge in [-0.15, -0.1) is 6.58 Å². The van der Waals surface area contributed by atoms with Crippen LogP contribution in [-0.4, -0.2) is 20.3 Å². The van der Waals surface area contributed by atoms with Crippen molar-refractivity contribution in [1.29, 1.82) is 0 Å². The lowest BCUT2D eigenvalue weighted by atomic mass is 10.0. The fourth-order valence-electron chi connectivity index (χ4n) is 2.73. The number of benzene rings is 2. The van der Waals surface area contributed by atoms with E-state index >= 15 is 0 Å². The number of halogens is 2. The molecule has 1 aliphatic rings. The average Bonchev–Trinajstić information content (AvgIpc) is 2.65.